The van der Waals surface area contributed by atoms with Crippen LogP contribution < -0.4 is 11.5 Å². The fourth-order valence-corrected chi connectivity index (χ4v) is 1.96. The second-order valence-corrected chi connectivity index (χ2v) is 3.90. The fourth-order valence-electron chi connectivity index (χ4n) is 1.96. The molecule has 8 heteroatoms. The Kier molecular flexibility index (Phi) is 6.30. The summed E-state index contributed by atoms with van der Waals surface area (Å²) < 4.78 is 38.1. The highest BCUT2D eigenvalue weighted by Crippen LogP contribution is 2.39. The van der Waals surface area contributed by atoms with Gasteiger partial charge < -0.3 is 11.5 Å². The van der Waals surface area contributed by atoms with Gasteiger partial charge >= 0.3 is 6.18 Å². The number of nitrogens with two attached hydrogens (primary N) is 2. The SMILES string of the molecule is Cl.NC(N)=NN=CC(C1CCCC1)C(F)(F)F. The fraction of sp³-hybridized carbons (Fsp3) is 0.778. The molecule has 0 aromatic carbocycles. The number of hydrogen-bond acceptors (Lipinski definition) is 2. The molecule has 1 unspecified atom stereocenters. The van der Waals surface area contributed by atoms with Crippen molar-refractivity contribution in [3.8, 4) is 0 Å². The molecule has 0 aromatic heterocycles. The molecule has 0 saturated heterocycles. The summed E-state index contributed by atoms with van der Waals surface area (Å²) in [5.41, 5.74) is 9.95. The highest BCUT2D eigenvalue weighted by Gasteiger charge is 2.44. The lowest BCUT2D eigenvalue weighted by Gasteiger charge is -2.21. The maximum absolute atomic E-state index is 12.7. The van der Waals surface area contributed by atoms with Crippen LogP contribution in [0.4, 0.5) is 13.2 Å². The molecular formula is C9H16ClF3N4. The van der Waals surface area contributed by atoms with Crippen LogP contribution in [0, 0.1) is 11.8 Å². The Morgan fingerprint density at radius 3 is 2.18 bits per heavy atom. The molecule has 4 nitrogen and oxygen atoms in total. The summed E-state index contributed by atoms with van der Waals surface area (Å²) in [7, 11) is 0. The minimum absolute atomic E-state index is 0. The van der Waals surface area contributed by atoms with Gasteiger partial charge in [0.1, 0.15) is 0 Å². The van der Waals surface area contributed by atoms with Gasteiger partial charge in [0.15, 0.2) is 0 Å². The van der Waals surface area contributed by atoms with E-state index in [4.69, 9.17) is 11.5 Å². The molecule has 0 bridgehead atoms. The Morgan fingerprint density at radius 2 is 1.76 bits per heavy atom. The van der Waals surface area contributed by atoms with E-state index < -0.39 is 18.0 Å². The van der Waals surface area contributed by atoms with E-state index in [1.807, 2.05) is 0 Å². The van der Waals surface area contributed by atoms with E-state index in [-0.39, 0.29) is 18.4 Å². The van der Waals surface area contributed by atoms with Crippen molar-refractivity contribution >= 4 is 24.6 Å². The monoisotopic (exact) mass is 272 g/mol. The van der Waals surface area contributed by atoms with Crippen LogP contribution in [-0.2, 0) is 0 Å². The number of guanidine groups is 1. The zero-order chi connectivity index (χ0) is 12.2. The lowest BCUT2D eigenvalue weighted by Crippen LogP contribution is -2.30. The molecule has 4 N–H and O–H groups in total. The van der Waals surface area contributed by atoms with E-state index >= 15 is 0 Å². The van der Waals surface area contributed by atoms with E-state index in [1.54, 1.807) is 0 Å². The van der Waals surface area contributed by atoms with Crippen LogP contribution in [-0.4, -0.2) is 18.4 Å². The summed E-state index contributed by atoms with van der Waals surface area (Å²) >= 11 is 0. The molecule has 0 spiro atoms. The lowest BCUT2D eigenvalue weighted by molar-refractivity contribution is -0.165. The quantitative estimate of drug-likeness (QED) is 0.468. The first-order chi connectivity index (χ1) is 7.41. The predicted octanol–water partition coefficient (Wildman–Crippen LogP) is 2.04. The van der Waals surface area contributed by atoms with Crippen molar-refractivity contribution in [2.75, 3.05) is 0 Å². The maximum atomic E-state index is 12.7. The zero-order valence-electron chi connectivity index (χ0n) is 9.15. The molecule has 0 aliphatic heterocycles. The second kappa shape index (κ2) is 6.68. The summed E-state index contributed by atoms with van der Waals surface area (Å²) in [6.45, 7) is 0. The number of alkyl halides is 3. The van der Waals surface area contributed by atoms with E-state index in [1.165, 1.54) is 0 Å². The summed E-state index contributed by atoms with van der Waals surface area (Å²) in [5.74, 6) is -2.28. The first kappa shape index (κ1) is 16.0. The van der Waals surface area contributed by atoms with Gasteiger partial charge in [0.25, 0.3) is 0 Å². The molecule has 1 atom stereocenters. The molecule has 17 heavy (non-hydrogen) atoms. The summed E-state index contributed by atoms with van der Waals surface area (Å²) in [6, 6.07) is 0. The van der Waals surface area contributed by atoms with Gasteiger partial charge in [0.05, 0.1) is 5.92 Å². The van der Waals surface area contributed by atoms with Crippen LogP contribution in [0.15, 0.2) is 10.2 Å². The summed E-state index contributed by atoms with van der Waals surface area (Å²) in [6.07, 6.45) is -0.635. The van der Waals surface area contributed by atoms with Crippen LogP contribution >= 0.6 is 12.4 Å². The molecule has 100 valence electrons. The topological polar surface area (TPSA) is 76.8 Å². The zero-order valence-corrected chi connectivity index (χ0v) is 9.97. The Bertz CT molecular complexity index is 280. The molecule has 0 amide bonds. The van der Waals surface area contributed by atoms with Crippen LogP contribution in [0.5, 0.6) is 0 Å². The minimum atomic E-state index is -4.28. The standard InChI is InChI=1S/C9H15F3N4.ClH/c10-9(11,12)7(5-15-16-8(13)14)6-3-1-2-4-6;/h5-7H,1-4H2,(H4,13,14,16);1H. The lowest BCUT2D eigenvalue weighted by atomic mass is 9.91. The largest absolute Gasteiger partial charge is 0.396 e. The van der Waals surface area contributed by atoms with Crippen molar-refractivity contribution in [1.82, 2.24) is 0 Å². The average Bonchev–Trinajstić information content (AvgIpc) is 2.62. The van der Waals surface area contributed by atoms with Gasteiger partial charge in [-0.1, -0.05) is 12.8 Å². The van der Waals surface area contributed by atoms with Gasteiger partial charge in [0, 0.05) is 6.21 Å². The van der Waals surface area contributed by atoms with Crippen molar-refractivity contribution < 1.29 is 13.2 Å². The van der Waals surface area contributed by atoms with Gasteiger partial charge in [-0.3, -0.25) is 0 Å². The third-order valence-electron chi connectivity index (χ3n) is 2.69. The first-order valence-corrected chi connectivity index (χ1v) is 5.10. The number of halogens is 4. The van der Waals surface area contributed by atoms with E-state index in [0.717, 1.165) is 19.1 Å². The predicted molar refractivity (Wildman–Crippen MR) is 63.1 cm³/mol. The Hall–Kier alpha value is -0.980. The van der Waals surface area contributed by atoms with Crippen molar-refractivity contribution in [2.45, 2.75) is 31.9 Å². The van der Waals surface area contributed by atoms with Crippen LogP contribution in [0.1, 0.15) is 25.7 Å². The molecule has 1 aliphatic carbocycles. The normalized spacial score (nSPS) is 19.0. The number of nitrogens with zero attached hydrogens (tertiary/aromatic N) is 2. The summed E-state index contributed by atoms with van der Waals surface area (Å²) in [5, 5.41) is 6.47. The summed E-state index contributed by atoms with van der Waals surface area (Å²) in [4.78, 5) is 0. The third kappa shape index (κ3) is 5.25. The second-order valence-electron chi connectivity index (χ2n) is 3.90. The smallest absolute Gasteiger partial charge is 0.369 e. The minimum Gasteiger partial charge on any atom is -0.369 e. The molecule has 1 aliphatic rings. The van der Waals surface area contributed by atoms with Crippen molar-refractivity contribution in [3.63, 3.8) is 0 Å². The van der Waals surface area contributed by atoms with Gasteiger partial charge in [0.2, 0.25) is 5.96 Å². The number of rotatable bonds is 3. The van der Waals surface area contributed by atoms with E-state index in [9.17, 15) is 13.2 Å². The van der Waals surface area contributed by atoms with Crippen molar-refractivity contribution in [1.29, 1.82) is 0 Å². The van der Waals surface area contributed by atoms with E-state index in [0.29, 0.717) is 12.8 Å². The van der Waals surface area contributed by atoms with E-state index in [2.05, 4.69) is 10.2 Å². The van der Waals surface area contributed by atoms with Gasteiger partial charge in [-0.25, -0.2) is 0 Å². The molecule has 0 radical (unpaired) electrons. The van der Waals surface area contributed by atoms with Crippen LogP contribution in [0.25, 0.3) is 0 Å². The highest BCUT2D eigenvalue weighted by molar-refractivity contribution is 5.85. The maximum Gasteiger partial charge on any atom is 0.396 e. The van der Waals surface area contributed by atoms with Crippen molar-refractivity contribution in [2.24, 2.45) is 33.5 Å². The van der Waals surface area contributed by atoms with Gasteiger partial charge in [-0.05, 0) is 18.8 Å². The molecule has 1 fully saturated rings. The molecule has 1 saturated carbocycles. The third-order valence-corrected chi connectivity index (χ3v) is 2.69. The molecule has 0 heterocycles. The van der Waals surface area contributed by atoms with Crippen LogP contribution in [0.2, 0.25) is 0 Å². The Balaban J connectivity index is 0.00000256. The first-order valence-electron chi connectivity index (χ1n) is 5.10. The molecular weight excluding hydrogens is 257 g/mol. The number of hydrogen-bond donors (Lipinski definition) is 2. The Morgan fingerprint density at radius 1 is 1.24 bits per heavy atom. The molecule has 0 aromatic rings. The van der Waals surface area contributed by atoms with Crippen molar-refractivity contribution in [3.05, 3.63) is 0 Å². The highest BCUT2D eigenvalue weighted by atomic mass is 35.5. The Labute approximate surface area is 104 Å². The average molecular weight is 273 g/mol. The van der Waals surface area contributed by atoms with Gasteiger partial charge in [-0.15, -0.1) is 17.5 Å². The molecule has 1 rings (SSSR count). The van der Waals surface area contributed by atoms with Crippen LogP contribution in [0.3, 0.4) is 0 Å². The van der Waals surface area contributed by atoms with Gasteiger partial charge in [-0.2, -0.15) is 18.3 Å².